The highest BCUT2D eigenvalue weighted by Gasteiger charge is 2.36. The van der Waals surface area contributed by atoms with Gasteiger partial charge in [0, 0.05) is 36.2 Å². The maximum Gasteiger partial charge on any atom is 0.223 e. The molecule has 0 radical (unpaired) electrons. The van der Waals surface area contributed by atoms with E-state index in [4.69, 9.17) is 0 Å². The number of aryl methyl sites for hydroxylation is 1. The molecular weight excluding hydrogens is 246 g/mol. The molecule has 1 amide bonds. The molecule has 0 saturated carbocycles. The van der Waals surface area contributed by atoms with E-state index in [9.17, 15) is 9.59 Å². The Morgan fingerprint density at radius 2 is 2.28 bits per heavy atom. The molecule has 0 N–H and O–H groups in total. The largest absolute Gasteiger partial charge is 0.337 e. The average molecular weight is 265 g/mol. The molecule has 1 aromatic rings. The van der Waals surface area contributed by atoms with Crippen LogP contribution in [0.5, 0.6) is 0 Å². The first-order valence-corrected chi connectivity index (χ1v) is 7.21. The Kier molecular flexibility index (Phi) is 3.85. The number of piperidine rings is 1. The summed E-state index contributed by atoms with van der Waals surface area (Å²) in [5, 5.41) is 2.03. The van der Waals surface area contributed by atoms with E-state index in [1.165, 1.54) is 4.88 Å². The summed E-state index contributed by atoms with van der Waals surface area (Å²) < 4.78 is 0. The molecule has 4 heteroatoms. The van der Waals surface area contributed by atoms with Crippen molar-refractivity contribution >= 4 is 23.0 Å². The normalized spacial score (nSPS) is 19.0. The Hall–Kier alpha value is -1.16. The van der Waals surface area contributed by atoms with Gasteiger partial charge in [0.25, 0.3) is 0 Å². The zero-order chi connectivity index (χ0) is 13.2. The Morgan fingerprint density at radius 3 is 2.89 bits per heavy atom. The van der Waals surface area contributed by atoms with Crippen molar-refractivity contribution in [3.63, 3.8) is 0 Å². The molecule has 0 aromatic carbocycles. The van der Waals surface area contributed by atoms with Gasteiger partial charge in [-0.3, -0.25) is 9.59 Å². The first kappa shape index (κ1) is 13.3. The number of carbonyl (C=O) groups is 2. The third-order valence-corrected chi connectivity index (χ3v) is 4.38. The van der Waals surface area contributed by atoms with Crippen LogP contribution >= 0.6 is 11.3 Å². The number of amides is 1. The summed E-state index contributed by atoms with van der Waals surface area (Å²) in [5.74, 6) is 0.434. The minimum Gasteiger partial charge on any atom is -0.337 e. The monoisotopic (exact) mass is 265 g/mol. The molecular formula is C14H19NO2S. The Bertz CT molecular complexity index is 437. The van der Waals surface area contributed by atoms with E-state index in [-0.39, 0.29) is 17.2 Å². The van der Waals surface area contributed by atoms with Crippen molar-refractivity contribution in [2.45, 2.75) is 45.1 Å². The molecule has 0 unspecified atom stereocenters. The van der Waals surface area contributed by atoms with Gasteiger partial charge >= 0.3 is 0 Å². The maximum absolute atomic E-state index is 12.2. The van der Waals surface area contributed by atoms with Crippen molar-refractivity contribution in [2.24, 2.45) is 0 Å². The molecule has 98 valence electrons. The summed E-state index contributed by atoms with van der Waals surface area (Å²) in [6.07, 6.45) is 2.33. The van der Waals surface area contributed by atoms with Crippen LogP contribution in [0.2, 0.25) is 0 Å². The van der Waals surface area contributed by atoms with Gasteiger partial charge in [0.1, 0.15) is 5.78 Å². The molecule has 1 aliphatic rings. The minimum atomic E-state index is -0.318. The summed E-state index contributed by atoms with van der Waals surface area (Å²) in [5.41, 5.74) is -0.318. The van der Waals surface area contributed by atoms with Crippen molar-refractivity contribution in [1.82, 2.24) is 4.90 Å². The number of likely N-dealkylation sites (tertiary alicyclic amines) is 1. The molecule has 0 atom stereocenters. The average Bonchev–Trinajstić information content (AvgIpc) is 2.77. The van der Waals surface area contributed by atoms with E-state index < -0.39 is 0 Å². The first-order valence-electron chi connectivity index (χ1n) is 6.33. The first-order chi connectivity index (χ1) is 8.49. The number of hydrogen-bond acceptors (Lipinski definition) is 3. The highest BCUT2D eigenvalue weighted by Crippen LogP contribution is 2.26. The van der Waals surface area contributed by atoms with Crippen LogP contribution in [0.1, 0.15) is 38.0 Å². The summed E-state index contributed by atoms with van der Waals surface area (Å²) >= 11 is 1.69. The van der Waals surface area contributed by atoms with E-state index in [2.05, 4.69) is 6.07 Å². The number of carbonyl (C=O) groups excluding carboxylic acids is 2. The Balaban J connectivity index is 1.94. The van der Waals surface area contributed by atoms with Crippen molar-refractivity contribution < 1.29 is 9.59 Å². The Labute approximate surface area is 112 Å². The highest BCUT2D eigenvalue weighted by atomic mass is 32.1. The van der Waals surface area contributed by atoms with Gasteiger partial charge in [-0.15, -0.1) is 11.3 Å². The van der Waals surface area contributed by atoms with Gasteiger partial charge in [-0.1, -0.05) is 6.07 Å². The predicted octanol–water partition coefficient (Wildman–Crippen LogP) is 2.65. The SMILES string of the molecule is CC1(C)CC(=O)CCN1C(=O)CCc1cccs1. The van der Waals surface area contributed by atoms with E-state index in [0.29, 0.717) is 25.8 Å². The van der Waals surface area contributed by atoms with Gasteiger partial charge in [0.15, 0.2) is 0 Å². The minimum absolute atomic E-state index is 0.168. The molecule has 3 nitrogen and oxygen atoms in total. The summed E-state index contributed by atoms with van der Waals surface area (Å²) in [6, 6.07) is 4.07. The molecule has 1 aromatic heterocycles. The van der Waals surface area contributed by atoms with E-state index in [1.807, 2.05) is 30.2 Å². The highest BCUT2D eigenvalue weighted by molar-refractivity contribution is 7.09. The second kappa shape index (κ2) is 5.22. The second-order valence-electron chi connectivity index (χ2n) is 5.40. The van der Waals surface area contributed by atoms with Gasteiger partial charge < -0.3 is 4.90 Å². The van der Waals surface area contributed by atoms with Gasteiger partial charge in [0.2, 0.25) is 5.91 Å². The van der Waals surface area contributed by atoms with Crippen molar-refractivity contribution in [1.29, 1.82) is 0 Å². The van der Waals surface area contributed by atoms with Crippen molar-refractivity contribution in [2.75, 3.05) is 6.54 Å². The van der Waals surface area contributed by atoms with Crippen LogP contribution in [0.15, 0.2) is 17.5 Å². The smallest absolute Gasteiger partial charge is 0.223 e. The van der Waals surface area contributed by atoms with Crippen LogP contribution in [-0.4, -0.2) is 28.7 Å². The molecule has 1 saturated heterocycles. The number of ketones is 1. The third kappa shape index (κ3) is 2.99. The van der Waals surface area contributed by atoms with Crippen LogP contribution in [0.25, 0.3) is 0 Å². The number of thiophene rings is 1. The molecule has 2 rings (SSSR count). The van der Waals surface area contributed by atoms with Gasteiger partial charge in [-0.25, -0.2) is 0 Å². The fraction of sp³-hybridized carbons (Fsp3) is 0.571. The summed E-state index contributed by atoms with van der Waals surface area (Å²) in [7, 11) is 0. The lowest BCUT2D eigenvalue weighted by Crippen LogP contribution is -2.53. The van der Waals surface area contributed by atoms with Crippen LogP contribution in [0.3, 0.4) is 0 Å². The van der Waals surface area contributed by atoms with E-state index in [1.54, 1.807) is 11.3 Å². The predicted molar refractivity (Wildman–Crippen MR) is 72.7 cm³/mol. The lowest BCUT2D eigenvalue weighted by atomic mass is 9.89. The molecule has 0 bridgehead atoms. The zero-order valence-electron chi connectivity index (χ0n) is 10.9. The van der Waals surface area contributed by atoms with Gasteiger partial charge in [0.05, 0.1) is 0 Å². The van der Waals surface area contributed by atoms with Crippen molar-refractivity contribution in [3.8, 4) is 0 Å². The molecule has 0 spiro atoms. The third-order valence-electron chi connectivity index (χ3n) is 3.44. The zero-order valence-corrected chi connectivity index (χ0v) is 11.8. The lowest BCUT2D eigenvalue weighted by Gasteiger charge is -2.41. The molecule has 2 heterocycles. The van der Waals surface area contributed by atoms with Crippen LogP contribution in [0, 0.1) is 0 Å². The van der Waals surface area contributed by atoms with Crippen LogP contribution in [0.4, 0.5) is 0 Å². The van der Waals surface area contributed by atoms with Gasteiger partial charge in [-0.05, 0) is 31.7 Å². The summed E-state index contributed by atoms with van der Waals surface area (Å²) in [4.78, 5) is 26.8. The van der Waals surface area contributed by atoms with Crippen LogP contribution < -0.4 is 0 Å². The fourth-order valence-corrected chi connectivity index (χ4v) is 3.20. The van der Waals surface area contributed by atoms with E-state index in [0.717, 1.165) is 6.42 Å². The molecule has 1 aliphatic heterocycles. The quantitative estimate of drug-likeness (QED) is 0.842. The van der Waals surface area contributed by atoms with Crippen LogP contribution in [-0.2, 0) is 16.0 Å². The summed E-state index contributed by atoms with van der Waals surface area (Å²) in [6.45, 7) is 4.54. The van der Waals surface area contributed by atoms with E-state index >= 15 is 0 Å². The fourth-order valence-electron chi connectivity index (χ4n) is 2.49. The number of rotatable bonds is 3. The molecule has 0 aliphatic carbocycles. The number of hydrogen-bond donors (Lipinski definition) is 0. The van der Waals surface area contributed by atoms with Gasteiger partial charge in [-0.2, -0.15) is 0 Å². The number of nitrogens with zero attached hydrogens (tertiary/aromatic N) is 1. The molecule has 18 heavy (non-hydrogen) atoms. The Morgan fingerprint density at radius 1 is 1.50 bits per heavy atom. The maximum atomic E-state index is 12.2. The lowest BCUT2D eigenvalue weighted by molar-refractivity contribution is -0.142. The second-order valence-corrected chi connectivity index (χ2v) is 6.43. The standard InChI is InChI=1S/C14H19NO2S/c1-14(2)10-11(16)7-8-15(14)13(17)6-5-12-4-3-9-18-12/h3-4,9H,5-8,10H2,1-2H3. The number of Topliss-reactive ketones (excluding diaryl/α,β-unsaturated/α-hetero) is 1. The molecule has 1 fully saturated rings. The topological polar surface area (TPSA) is 37.4 Å². The van der Waals surface area contributed by atoms with Crippen molar-refractivity contribution in [3.05, 3.63) is 22.4 Å².